The van der Waals surface area contributed by atoms with Crippen molar-refractivity contribution in [2.45, 2.75) is 32.5 Å². The second-order valence-electron chi connectivity index (χ2n) is 4.60. The number of hydrogen-bond acceptors (Lipinski definition) is 4. The Morgan fingerprint density at radius 3 is 2.70 bits per heavy atom. The van der Waals surface area contributed by atoms with E-state index in [1.807, 2.05) is 13.8 Å². The van der Waals surface area contributed by atoms with E-state index in [0.29, 0.717) is 11.7 Å². The molecule has 2 aromatic rings. The van der Waals surface area contributed by atoms with E-state index < -0.39 is 17.5 Å². The molecular weight excluding hydrogens is 275 g/mol. The maximum Gasteiger partial charge on any atom is 0.454 e. The molecule has 0 radical (unpaired) electrons. The fraction of sp³-hybridized carbons (Fsp3) is 0.417. The molecule has 0 aliphatic carbocycles. The van der Waals surface area contributed by atoms with Gasteiger partial charge in [-0.3, -0.25) is 4.79 Å². The summed E-state index contributed by atoms with van der Waals surface area (Å²) in [7, 11) is 0. The standard InChI is InChI=1S/C12H12F3N3O2/c1-7(2)11-16-9(17-20-11)6-18-4-3-8(5-18)10(19)12(13,14)15/h3-5,7H,6H2,1-2H3. The van der Waals surface area contributed by atoms with Gasteiger partial charge >= 0.3 is 6.18 Å². The number of rotatable bonds is 4. The van der Waals surface area contributed by atoms with Crippen LogP contribution in [0.2, 0.25) is 0 Å². The first-order valence-corrected chi connectivity index (χ1v) is 5.87. The molecule has 0 amide bonds. The fourth-order valence-corrected chi connectivity index (χ4v) is 1.57. The first-order valence-electron chi connectivity index (χ1n) is 5.87. The molecule has 0 atom stereocenters. The maximum absolute atomic E-state index is 12.3. The molecular formula is C12H12F3N3O2. The topological polar surface area (TPSA) is 60.9 Å². The number of carbonyl (C=O) groups is 1. The first kappa shape index (κ1) is 14.3. The number of alkyl halides is 3. The van der Waals surface area contributed by atoms with Crippen molar-refractivity contribution in [3.05, 3.63) is 35.7 Å². The third-order valence-corrected chi connectivity index (χ3v) is 2.57. The third-order valence-electron chi connectivity index (χ3n) is 2.57. The van der Waals surface area contributed by atoms with Crippen molar-refractivity contribution in [3.8, 4) is 0 Å². The van der Waals surface area contributed by atoms with Crippen LogP contribution >= 0.6 is 0 Å². The summed E-state index contributed by atoms with van der Waals surface area (Å²) in [6.07, 6.45) is -2.39. The minimum absolute atomic E-state index is 0.0725. The van der Waals surface area contributed by atoms with Gasteiger partial charge in [0.25, 0.3) is 5.78 Å². The lowest BCUT2D eigenvalue weighted by Crippen LogP contribution is -2.22. The average molecular weight is 287 g/mol. The Hall–Kier alpha value is -2.12. The maximum atomic E-state index is 12.3. The zero-order valence-corrected chi connectivity index (χ0v) is 10.8. The van der Waals surface area contributed by atoms with Gasteiger partial charge < -0.3 is 9.09 Å². The summed E-state index contributed by atoms with van der Waals surface area (Å²) in [4.78, 5) is 15.1. The van der Waals surface area contributed by atoms with E-state index in [-0.39, 0.29) is 12.5 Å². The monoisotopic (exact) mass is 287 g/mol. The van der Waals surface area contributed by atoms with Crippen molar-refractivity contribution < 1.29 is 22.5 Å². The molecule has 2 heterocycles. The van der Waals surface area contributed by atoms with Gasteiger partial charge in [0.1, 0.15) is 0 Å². The van der Waals surface area contributed by atoms with Crippen molar-refractivity contribution in [3.63, 3.8) is 0 Å². The van der Waals surface area contributed by atoms with Crippen LogP contribution in [0.25, 0.3) is 0 Å². The predicted octanol–water partition coefficient (Wildman–Crippen LogP) is 2.79. The van der Waals surface area contributed by atoms with E-state index in [1.54, 1.807) is 0 Å². The van der Waals surface area contributed by atoms with Gasteiger partial charge in [0.2, 0.25) is 5.89 Å². The molecule has 0 saturated carbocycles. The van der Waals surface area contributed by atoms with Gasteiger partial charge in [-0.15, -0.1) is 0 Å². The number of nitrogens with zero attached hydrogens (tertiary/aromatic N) is 3. The summed E-state index contributed by atoms with van der Waals surface area (Å²) in [6, 6.07) is 1.11. The molecule has 0 fully saturated rings. The Morgan fingerprint density at radius 1 is 1.45 bits per heavy atom. The molecule has 5 nitrogen and oxygen atoms in total. The number of ketones is 1. The number of hydrogen-bond donors (Lipinski definition) is 0. The molecule has 0 bridgehead atoms. The molecule has 108 valence electrons. The second kappa shape index (κ2) is 5.10. The van der Waals surface area contributed by atoms with E-state index in [2.05, 4.69) is 10.1 Å². The highest BCUT2D eigenvalue weighted by Crippen LogP contribution is 2.21. The van der Waals surface area contributed by atoms with Crippen LogP contribution in [0.3, 0.4) is 0 Å². The quantitative estimate of drug-likeness (QED) is 0.811. The zero-order valence-electron chi connectivity index (χ0n) is 10.8. The normalized spacial score (nSPS) is 12.1. The minimum atomic E-state index is -4.87. The molecule has 0 aromatic carbocycles. The lowest BCUT2D eigenvalue weighted by Gasteiger charge is -2.02. The Morgan fingerprint density at radius 2 is 2.15 bits per heavy atom. The lowest BCUT2D eigenvalue weighted by molar-refractivity contribution is -0.0885. The molecule has 2 rings (SSSR count). The second-order valence-corrected chi connectivity index (χ2v) is 4.60. The van der Waals surface area contributed by atoms with Gasteiger partial charge in [-0.05, 0) is 6.07 Å². The molecule has 0 unspecified atom stereocenters. The predicted molar refractivity (Wildman–Crippen MR) is 62.3 cm³/mol. The highest BCUT2D eigenvalue weighted by atomic mass is 19.4. The lowest BCUT2D eigenvalue weighted by atomic mass is 10.2. The zero-order chi connectivity index (χ0) is 14.9. The largest absolute Gasteiger partial charge is 0.454 e. The highest BCUT2D eigenvalue weighted by molar-refractivity contribution is 6.00. The Balaban J connectivity index is 2.11. The Bertz CT molecular complexity index is 613. The fourth-order valence-electron chi connectivity index (χ4n) is 1.57. The summed E-state index contributed by atoms with van der Waals surface area (Å²) >= 11 is 0. The van der Waals surface area contributed by atoms with E-state index in [0.717, 1.165) is 12.3 Å². The molecule has 8 heteroatoms. The van der Waals surface area contributed by atoms with Crippen LogP contribution < -0.4 is 0 Å². The van der Waals surface area contributed by atoms with Crippen molar-refractivity contribution in [2.24, 2.45) is 0 Å². The highest BCUT2D eigenvalue weighted by Gasteiger charge is 2.39. The number of carbonyl (C=O) groups excluding carboxylic acids is 1. The van der Waals surface area contributed by atoms with E-state index >= 15 is 0 Å². The number of aromatic nitrogens is 3. The summed E-state index contributed by atoms with van der Waals surface area (Å²) in [6.45, 7) is 3.90. The summed E-state index contributed by atoms with van der Waals surface area (Å²) < 4.78 is 43.2. The third kappa shape index (κ3) is 3.06. The van der Waals surface area contributed by atoms with Crippen LogP contribution in [0.4, 0.5) is 13.2 Å². The van der Waals surface area contributed by atoms with E-state index in [4.69, 9.17) is 4.52 Å². The van der Waals surface area contributed by atoms with Gasteiger partial charge in [-0.1, -0.05) is 19.0 Å². The van der Waals surface area contributed by atoms with Crippen LogP contribution in [0.1, 0.15) is 41.8 Å². The number of Topliss-reactive ketones (excluding diaryl/α,β-unsaturated/α-hetero) is 1. The SMILES string of the molecule is CC(C)c1nc(Cn2ccc(C(=O)C(F)(F)F)c2)no1. The molecule has 0 saturated heterocycles. The number of halogens is 3. The summed E-state index contributed by atoms with van der Waals surface area (Å²) in [5.41, 5.74) is -0.412. The van der Waals surface area contributed by atoms with Gasteiger partial charge in [0.15, 0.2) is 5.82 Å². The van der Waals surface area contributed by atoms with Gasteiger partial charge in [0.05, 0.1) is 6.54 Å². The molecule has 0 aliphatic rings. The van der Waals surface area contributed by atoms with Gasteiger partial charge in [0, 0.05) is 23.9 Å². The first-order chi connectivity index (χ1) is 9.27. The van der Waals surface area contributed by atoms with Crippen LogP contribution in [-0.2, 0) is 6.54 Å². The average Bonchev–Trinajstić information content (AvgIpc) is 2.96. The van der Waals surface area contributed by atoms with E-state index in [9.17, 15) is 18.0 Å². The Kier molecular flexibility index (Phi) is 3.65. The van der Waals surface area contributed by atoms with Crippen LogP contribution in [0.5, 0.6) is 0 Å². The summed E-state index contributed by atoms with van der Waals surface area (Å²) in [5, 5.41) is 3.72. The Labute approximate surface area is 112 Å². The molecule has 20 heavy (non-hydrogen) atoms. The molecule has 0 N–H and O–H groups in total. The van der Waals surface area contributed by atoms with Crippen LogP contribution in [-0.4, -0.2) is 26.7 Å². The van der Waals surface area contributed by atoms with Crippen molar-refractivity contribution >= 4 is 5.78 Å². The van der Waals surface area contributed by atoms with E-state index in [1.165, 1.54) is 10.8 Å². The van der Waals surface area contributed by atoms with Crippen molar-refractivity contribution in [1.29, 1.82) is 0 Å². The van der Waals surface area contributed by atoms with Crippen molar-refractivity contribution in [1.82, 2.24) is 14.7 Å². The van der Waals surface area contributed by atoms with Gasteiger partial charge in [-0.25, -0.2) is 0 Å². The van der Waals surface area contributed by atoms with Crippen LogP contribution in [0, 0.1) is 0 Å². The minimum Gasteiger partial charge on any atom is -0.346 e. The molecule has 0 spiro atoms. The van der Waals surface area contributed by atoms with Crippen molar-refractivity contribution in [2.75, 3.05) is 0 Å². The summed E-state index contributed by atoms with van der Waals surface area (Å²) in [5.74, 6) is -0.996. The molecule has 2 aromatic heterocycles. The molecule has 0 aliphatic heterocycles. The van der Waals surface area contributed by atoms with Gasteiger partial charge in [-0.2, -0.15) is 18.2 Å². The smallest absolute Gasteiger partial charge is 0.346 e. The van der Waals surface area contributed by atoms with Crippen LogP contribution in [0.15, 0.2) is 23.0 Å².